The predicted molar refractivity (Wildman–Crippen MR) is 73.7 cm³/mol. The van der Waals surface area contributed by atoms with Crippen LogP contribution in [0.5, 0.6) is 0 Å². The Kier molecular flexibility index (Phi) is 4.04. The Hall–Kier alpha value is -1.62. The molecule has 5 heteroatoms. The molecule has 19 heavy (non-hydrogen) atoms. The molecular formula is C14H22N4O. The maximum absolute atomic E-state index is 6.25. The van der Waals surface area contributed by atoms with Crippen molar-refractivity contribution in [1.82, 2.24) is 14.7 Å². The van der Waals surface area contributed by atoms with Crippen molar-refractivity contribution in [2.24, 2.45) is 11.7 Å². The Morgan fingerprint density at radius 3 is 2.68 bits per heavy atom. The van der Waals surface area contributed by atoms with Crippen LogP contribution in [0.1, 0.15) is 49.0 Å². The third-order valence-corrected chi connectivity index (χ3v) is 3.36. The van der Waals surface area contributed by atoms with E-state index < -0.39 is 0 Å². The molecule has 0 saturated carbocycles. The van der Waals surface area contributed by atoms with Crippen molar-refractivity contribution < 1.29 is 4.52 Å². The molecule has 104 valence electrons. The fourth-order valence-corrected chi connectivity index (χ4v) is 2.30. The van der Waals surface area contributed by atoms with Gasteiger partial charge in [0.05, 0.1) is 24.3 Å². The molecule has 0 spiro atoms. The predicted octanol–water partition coefficient (Wildman–Crippen LogP) is 2.58. The second kappa shape index (κ2) is 5.57. The first-order valence-electron chi connectivity index (χ1n) is 6.66. The van der Waals surface area contributed by atoms with Crippen molar-refractivity contribution >= 4 is 0 Å². The molecule has 0 fully saturated rings. The van der Waals surface area contributed by atoms with Gasteiger partial charge in [-0.25, -0.2) is 4.98 Å². The maximum Gasteiger partial charge on any atom is 0.138 e. The van der Waals surface area contributed by atoms with E-state index in [0.29, 0.717) is 12.5 Å². The van der Waals surface area contributed by atoms with E-state index in [-0.39, 0.29) is 6.04 Å². The number of aryl methyl sites for hydroxylation is 2. The SMILES string of the molecule is Cc1noc(C)c1Cn1cncc1C(N)CC(C)C. The molecule has 0 amide bonds. The van der Waals surface area contributed by atoms with Crippen LogP contribution in [0.3, 0.4) is 0 Å². The van der Waals surface area contributed by atoms with Crippen LogP contribution in [0.4, 0.5) is 0 Å². The van der Waals surface area contributed by atoms with E-state index in [2.05, 4.69) is 28.6 Å². The third kappa shape index (κ3) is 3.04. The lowest BCUT2D eigenvalue weighted by atomic mass is 10.0. The Morgan fingerprint density at radius 1 is 1.37 bits per heavy atom. The molecule has 1 unspecified atom stereocenters. The Labute approximate surface area is 113 Å². The van der Waals surface area contributed by atoms with Crippen LogP contribution in [0.2, 0.25) is 0 Å². The molecule has 5 nitrogen and oxygen atoms in total. The van der Waals surface area contributed by atoms with Gasteiger partial charge >= 0.3 is 0 Å². The zero-order chi connectivity index (χ0) is 14.0. The summed E-state index contributed by atoms with van der Waals surface area (Å²) >= 11 is 0. The lowest BCUT2D eigenvalue weighted by Crippen LogP contribution is -2.17. The summed E-state index contributed by atoms with van der Waals surface area (Å²) in [6.45, 7) is 8.95. The molecule has 1 atom stereocenters. The van der Waals surface area contributed by atoms with Gasteiger partial charge in [-0.2, -0.15) is 0 Å². The van der Waals surface area contributed by atoms with Crippen LogP contribution >= 0.6 is 0 Å². The summed E-state index contributed by atoms with van der Waals surface area (Å²) in [5.74, 6) is 1.42. The number of hydrogen-bond donors (Lipinski definition) is 1. The summed E-state index contributed by atoms with van der Waals surface area (Å²) in [6, 6.07) is 0.0166. The van der Waals surface area contributed by atoms with Crippen LogP contribution in [-0.4, -0.2) is 14.7 Å². The van der Waals surface area contributed by atoms with Crippen molar-refractivity contribution in [2.75, 3.05) is 0 Å². The molecule has 0 aliphatic rings. The van der Waals surface area contributed by atoms with Gasteiger partial charge in [0.15, 0.2) is 0 Å². The highest BCUT2D eigenvalue weighted by molar-refractivity contribution is 5.22. The first-order valence-corrected chi connectivity index (χ1v) is 6.66. The van der Waals surface area contributed by atoms with Crippen molar-refractivity contribution in [1.29, 1.82) is 0 Å². The summed E-state index contributed by atoms with van der Waals surface area (Å²) in [5.41, 5.74) is 9.34. The smallest absolute Gasteiger partial charge is 0.138 e. The molecular weight excluding hydrogens is 240 g/mol. The third-order valence-electron chi connectivity index (χ3n) is 3.36. The van der Waals surface area contributed by atoms with E-state index in [4.69, 9.17) is 10.3 Å². The van der Waals surface area contributed by atoms with Gasteiger partial charge in [0, 0.05) is 17.8 Å². The number of imidazole rings is 1. The highest BCUT2D eigenvalue weighted by atomic mass is 16.5. The monoisotopic (exact) mass is 262 g/mol. The van der Waals surface area contributed by atoms with Gasteiger partial charge in [0.2, 0.25) is 0 Å². The molecule has 0 aromatic carbocycles. The van der Waals surface area contributed by atoms with Gasteiger partial charge in [-0.05, 0) is 26.2 Å². The summed E-state index contributed by atoms with van der Waals surface area (Å²) in [7, 11) is 0. The molecule has 0 saturated heterocycles. The van der Waals surface area contributed by atoms with Gasteiger partial charge in [0.25, 0.3) is 0 Å². The van der Waals surface area contributed by atoms with Gasteiger partial charge in [-0.15, -0.1) is 0 Å². The molecule has 2 aromatic heterocycles. The van der Waals surface area contributed by atoms with E-state index in [9.17, 15) is 0 Å². The van der Waals surface area contributed by atoms with E-state index in [0.717, 1.165) is 29.1 Å². The minimum Gasteiger partial charge on any atom is -0.361 e. The second-order valence-electron chi connectivity index (χ2n) is 5.49. The lowest BCUT2D eigenvalue weighted by molar-refractivity contribution is 0.391. The van der Waals surface area contributed by atoms with E-state index in [1.54, 1.807) is 0 Å². The van der Waals surface area contributed by atoms with Gasteiger partial charge < -0.3 is 14.8 Å². The molecule has 2 N–H and O–H groups in total. The number of aromatic nitrogens is 3. The summed E-state index contributed by atoms with van der Waals surface area (Å²) in [4.78, 5) is 4.22. The number of rotatable bonds is 5. The van der Waals surface area contributed by atoms with Crippen LogP contribution in [0, 0.1) is 19.8 Å². The second-order valence-corrected chi connectivity index (χ2v) is 5.49. The van der Waals surface area contributed by atoms with Gasteiger partial charge in [-0.3, -0.25) is 0 Å². The standard InChI is InChI=1S/C14H22N4O/c1-9(2)5-13(15)14-6-16-8-18(14)7-12-10(3)17-19-11(12)4/h6,8-9,13H,5,7,15H2,1-4H3. The molecule has 0 radical (unpaired) electrons. The summed E-state index contributed by atoms with van der Waals surface area (Å²) in [5, 5.41) is 3.98. The molecule has 2 heterocycles. The van der Waals surface area contributed by atoms with Crippen molar-refractivity contribution in [3.05, 3.63) is 35.2 Å². The number of nitrogens with zero attached hydrogens (tertiary/aromatic N) is 3. The average Bonchev–Trinajstić information content (AvgIpc) is 2.90. The highest BCUT2D eigenvalue weighted by Gasteiger charge is 2.16. The average molecular weight is 262 g/mol. The fraction of sp³-hybridized carbons (Fsp3) is 0.571. The summed E-state index contributed by atoms with van der Waals surface area (Å²) < 4.78 is 7.28. The minimum absolute atomic E-state index is 0.0166. The number of hydrogen-bond acceptors (Lipinski definition) is 4. The van der Waals surface area contributed by atoms with E-state index >= 15 is 0 Å². The van der Waals surface area contributed by atoms with Crippen LogP contribution < -0.4 is 5.73 Å². The molecule has 2 rings (SSSR count). The Morgan fingerprint density at radius 2 is 2.11 bits per heavy atom. The van der Waals surface area contributed by atoms with Crippen LogP contribution in [0.15, 0.2) is 17.0 Å². The fourth-order valence-electron chi connectivity index (χ4n) is 2.30. The molecule has 2 aromatic rings. The lowest BCUT2D eigenvalue weighted by Gasteiger charge is -2.16. The first-order chi connectivity index (χ1) is 8.99. The normalized spacial score (nSPS) is 13.2. The van der Waals surface area contributed by atoms with E-state index in [1.807, 2.05) is 26.4 Å². The van der Waals surface area contributed by atoms with Crippen molar-refractivity contribution in [3.63, 3.8) is 0 Å². The van der Waals surface area contributed by atoms with Gasteiger partial charge in [-0.1, -0.05) is 19.0 Å². The Bertz CT molecular complexity index is 522. The molecule has 0 aliphatic carbocycles. The van der Waals surface area contributed by atoms with E-state index in [1.165, 1.54) is 0 Å². The minimum atomic E-state index is 0.0166. The quantitative estimate of drug-likeness (QED) is 0.899. The Balaban J connectivity index is 2.20. The highest BCUT2D eigenvalue weighted by Crippen LogP contribution is 2.21. The number of nitrogens with two attached hydrogens (primary N) is 1. The summed E-state index contributed by atoms with van der Waals surface area (Å²) in [6.07, 6.45) is 4.62. The topological polar surface area (TPSA) is 69.9 Å². The maximum atomic E-state index is 6.25. The largest absolute Gasteiger partial charge is 0.361 e. The molecule has 0 aliphatic heterocycles. The zero-order valence-electron chi connectivity index (χ0n) is 12.1. The molecule has 0 bridgehead atoms. The van der Waals surface area contributed by atoms with Crippen molar-refractivity contribution in [3.8, 4) is 0 Å². The van der Waals surface area contributed by atoms with Crippen LogP contribution in [-0.2, 0) is 6.54 Å². The first kappa shape index (κ1) is 13.8. The van der Waals surface area contributed by atoms with Crippen LogP contribution in [0.25, 0.3) is 0 Å². The van der Waals surface area contributed by atoms with Crippen molar-refractivity contribution in [2.45, 2.75) is 46.7 Å². The van der Waals surface area contributed by atoms with Gasteiger partial charge in [0.1, 0.15) is 5.76 Å². The zero-order valence-corrected chi connectivity index (χ0v) is 12.1.